The summed E-state index contributed by atoms with van der Waals surface area (Å²) >= 11 is 0. The molecular weight excluding hydrogens is 1390 g/mol. The number of aryl methyl sites for hydroxylation is 16. The maximum Gasteiger partial charge on any atom is 0.167 e. The van der Waals surface area contributed by atoms with Crippen LogP contribution in [0.4, 0.5) is 0 Å². The molecule has 112 heavy (non-hydrogen) atoms. The average Bonchev–Trinajstić information content (AvgIpc) is 1.35. The molecule has 0 unspecified atom stereocenters. The highest BCUT2D eigenvalue weighted by molar-refractivity contribution is 6.25. The predicted molar refractivity (Wildman–Crippen MR) is 439 cm³/mol. The number of rotatable bonds is 8. The van der Waals surface area contributed by atoms with Gasteiger partial charge in [0.1, 0.15) is 22.6 Å². The molecule has 0 saturated heterocycles. The number of fused-ring (bicyclic) bond motifs is 24. The summed E-state index contributed by atoms with van der Waals surface area (Å²) in [7, 11) is 0. The molecule has 19 aromatic rings. The molecule has 0 amide bonds. The van der Waals surface area contributed by atoms with Gasteiger partial charge in [0.05, 0.1) is 135 Å². The van der Waals surface area contributed by atoms with Crippen molar-refractivity contribution in [3.05, 3.63) is 237 Å². The van der Waals surface area contributed by atoms with Crippen LogP contribution in [0.15, 0.2) is 146 Å². The lowest BCUT2D eigenvalue weighted by molar-refractivity contribution is 0.831. The molecular formula is C88H74N24. The van der Waals surface area contributed by atoms with Crippen LogP contribution in [0.25, 0.3) is 178 Å². The molecule has 8 bridgehead atoms. The smallest absolute Gasteiger partial charge is 0.167 e. The second-order valence-corrected chi connectivity index (χ2v) is 30.3. The van der Waals surface area contributed by atoms with E-state index < -0.39 is 0 Å². The summed E-state index contributed by atoms with van der Waals surface area (Å²) in [5.74, 6) is 1.30. The lowest BCUT2D eigenvalue weighted by atomic mass is 9.95. The minimum atomic E-state index is 0.326. The third-order valence-corrected chi connectivity index (χ3v) is 22.0. The van der Waals surface area contributed by atoms with Crippen molar-refractivity contribution < 1.29 is 0 Å². The Morgan fingerprint density at radius 1 is 0.196 bits per heavy atom. The normalized spacial score (nSPS) is 12.3. The van der Waals surface area contributed by atoms with E-state index >= 15 is 0 Å². The average molecular weight is 1470 g/mol. The highest BCUT2D eigenvalue weighted by Crippen LogP contribution is 2.53. The molecule has 0 fully saturated rings. The van der Waals surface area contributed by atoms with Crippen LogP contribution < -0.4 is 0 Å². The fourth-order valence-corrected chi connectivity index (χ4v) is 18.0. The van der Waals surface area contributed by atoms with Crippen LogP contribution in [0.2, 0.25) is 0 Å². The van der Waals surface area contributed by atoms with Crippen molar-refractivity contribution in [2.75, 3.05) is 0 Å². The van der Waals surface area contributed by atoms with E-state index in [1.807, 2.05) is 92.8 Å². The first-order valence-corrected chi connectivity index (χ1v) is 37.6. The van der Waals surface area contributed by atoms with Gasteiger partial charge >= 0.3 is 0 Å². The van der Waals surface area contributed by atoms with E-state index in [1.165, 1.54) is 0 Å². The molecule has 24 heteroatoms. The molecule has 21 rings (SSSR count). The molecule has 8 aromatic carbocycles. The van der Waals surface area contributed by atoms with Gasteiger partial charge in [-0.1, -0.05) is 97.1 Å². The highest BCUT2D eigenvalue weighted by atomic mass is 15.3. The first-order valence-electron chi connectivity index (χ1n) is 37.6. The van der Waals surface area contributed by atoms with Crippen LogP contribution in [-0.4, -0.2) is 118 Å². The van der Waals surface area contributed by atoms with Gasteiger partial charge < -0.3 is 9.97 Å². The van der Waals surface area contributed by atoms with Crippen LogP contribution in [0.5, 0.6) is 0 Å². The zero-order valence-corrected chi connectivity index (χ0v) is 64.7. The largest absolute Gasteiger partial charge is 0.324 e. The summed E-state index contributed by atoms with van der Waals surface area (Å²) in [5.41, 5.74) is 24.1. The number of benzene rings is 8. The quantitative estimate of drug-likeness (QED) is 0.144. The first kappa shape index (κ1) is 66.1. The number of aromatic nitrogens is 24. The van der Waals surface area contributed by atoms with Crippen LogP contribution >= 0.6 is 0 Å². The Morgan fingerprint density at radius 2 is 0.348 bits per heavy atom. The molecule has 0 atom stereocenters. The first-order chi connectivity index (χ1) is 54.1. The molecule has 2 aliphatic rings. The van der Waals surface area contributed by atoms with Gasteiger partial charge in [-0.15, -0.1) is 0 Å². The Balaban J connectivity index is 1.10. The number of H-pyrrole nitrogens is 2. The van der Waals surface area contributed by atoms with Crippen LogP contribution in [-0.2, 0) is 0 Å². The van der Waals surface area contributed by atoms with Gasteiger partial charge in [-0.3, -0.25) is 0 Å². The molecule has 2 aliphatic heterocycles. The van der Waals surface area contributed by atoms with Crippen LogP contribution in [0.3, 0.4) is 0 Å². The van der Waals surface area contributed by atoms with Crippen molar-refractivity contribution in [3.63, 3.8) is 0 Å². The number of aromatic amines is 2. The summed E-state index contributed by atoms with van der Waals surface area (Å²) in [6, 6.07) is 50.7. The third-order valence-electron chi connectivity index (χ3n) is 22.0. The summed E-state index contributed by atoms with van der Waals surface area (Å²) < 4.78 is 16.3. The van der Waals surface area contributed by atoms with Gasteiger partial charge in [-0.05, 0) is 159 Å². The molecule has 0 saturated carbocycles. The van der Waals surface area contributed by atoms with E-state index in [0.717, 1.165) is 180 Å². The standard InChI is InChI=1S/C88H74N24/c1-41-33-49(9)105(97-41)73-57-25-17-18-26-58(57)74(106-50(10)34-42(2)98-106)66-65(73)81-89-82(66)94-84-69-70(78(110-54(14)38-46(6)102-110)62-30-22-21-29-61(62)77(69)109-53(13)37-45(5)101-109)86(91-84)96-88-72-71(79(111-55(15)39-47(7)103-111)63-31-23-24-32-64(63)80(72)112-56(16)40-48(8)104-112)87(92-88)95-85-68-67(83(90-85)93-81)75(107-51(11)35-43(3)99-107)59-27-19-20-28-60(59)76(68)108-52(12)36-44(4)100-108/h17-40H,1-16H3,(H2,89,90,91,92,93,94,95,96). The van der Waals surface area contributed by atoms with Crippen molar-refractivity contribution in [1.82, 2.24) is 118 Å². The molecule has 0 radical (unpaired) electrons. The monoisotopic (exact) mass is 1470 g/mol. The number of hydrogen-bond acceptors (Lipinski definition) is 14. The Kier molecular flexibility index (Phi) is 14.0. The van der Waals surface area contributed by atoms with Gasteiger partial charge in [0, 0.05) is 88.6 Å². The Bertz CT molecular complexity index is 6720. The predicted octanol–water partition coefficient (Wildman–Crippen LogP) is 17.9. The van der Waals surface area contributed by atoms with E-state index in [2.05, 4.69) is 211 Å². The van der Waals surface area contributed by atoms with E-state index in [4.69, 9.17) is 70.7 Å². The van der Waals surface area contributed by atoms with Gasteiger partial charge in [0.25, 0.3) is 0 Å². The fourth-order valence-electron chi connectivity index (χ4n) is 18.0. The topological polar surface area (TPSA) is 251 Å². The molecule has 546 valence electrons. The molecule has 2 N–H and O–H groups in total. The minimum absolute atomic E-state index is 0.326. The SMILES string of the molecule is Cc1cc(C)n(-c2c3c(c(-n4nc(C)cc4C)c4ccccc24)-c2nc-3nc3[nH]c(nc4nc(nc5[nH]c(n2)c2c(-n6nc(C)cc6C)c6ccccc6c(-n6nc(C)cc6C)c52)-c2c-4c(-n4nc(C)cc4C)c4ccccc4c2-n2nc(C)cc2C)c2c(-n4nc(C)cc4C)c4ccccc4c(-n4nc(C)cc4C)c32)n1. The molecule has 24 nitrogen and oxygen atoms in total. The second kappa shape index (κ2) is 23.7. The summed E-state index contributed by atoms with van der Waals surface area (Å²) in [6.07, 6.45) is 0. The molecule has 0 spiro atoms. The Hall–Kier alpha value is -14.2. The number of hydrogen-bond donors (Lipinski definition) is 2. The van der Waals surface area contributed by atoms with Crippen LogP contribution in [0, 0.1) is 111 Å². The van der Waals surface area contributed by atoms with Crippen molar-refractivity contribution in [3.8, 4) is 91.1 Å². The van der Waals surface area contributed by atoms with Crippen molar-refractivity contribution in [2.24, 2.45) is 0 Å². The maximum atomic E-state index is 6.18. The third kappa shape index (κ3) is 9.46. The van der Waals surface area contributed by atoms with Crippen LogP contribution in [0.1, 0.15) is 91.1 Å². The summed E-state index contributed by atoms with van der Waals surface area (Å²) in [4.78, 5) is 44.8. The zero-order valence-electron chi connectivity index (χ0n) is 64.7. The zero-order chi connectivity index (χ0) is 76.6. The van der Waals surface area contributed by atoms with Crippen molar-refractivity contribution in [2.45, 2.75) is 111 Å². The Labute approximate surface area is 640 Å². The lowest BCUT2D eigenvalue weighted by Gasteiger charge is -2.19. The van der Waals surface area contributed by atoms with Gasteiger partial charge in [0.15, 0.2) is 23.3 Å². The van der Waals surface area contributed by atoms with E-state index in [-0.39, 0.29) is 0 Å². The highest BCUT2D eigenvalue weighted by Gasteiger charge is 2.38. The summed E-state index contributed by atoms with van der Waals surface area (Å²) in [6.45, 7) is 32.9. The Morgan fingerprint density at radius 3 is 0.500 bits per heavy atom. The second-order valence-electron chi connectivity index (χ2n) is 30.3. The number of nitrogens with one attached hydrogen (secondary N) is 2. The van der Waals surface area contributed by atoms with Crippen molar-refractivity contribution >= 4 is 87.2 Å². The van der Waals surface area contributed by atoms with Gasteiger partial charge in [-0.25, -0.2) is 67.4 Å². The van der Waals surface area contributed by atoms with Crippen molar-refractivity contribution in [1.29, 1.82) is 0 Å². The molecule has 0 aliphatic carbocycles. The fraction of sp³-hybridized carbons (Fsp3) is 0.182. The molecule has 13 heterocycles. The van der Waals surface area contributed by atoms with Gasteiger partial charge in [0.2, 0.25) is 0 Å². The number of nitrogens with zero attached hydrogens (tertiary/aromatic N) is 22. The van der Waals surface area contributed by atoms with E-state index in [0.29, 0.717) is 89.7 Å². The summed E-state index contributed by atoms with van der Waals surface area (Å²) in [5, 5.41) is 52.9. The minimum Gasteiger partial charge on any atom is -0.324 e. The van der Waals surface area contributed by atoms with E-state index in [1.54, 1.807) is 0 Å². The maximum absolute atomic E-state index is 6.18. The lowest BCUT2D eigenvalue weighted by Crippen LogP contribution is -2.09. The van der Waals surface area contributed by atoms with E-state index in [9.17, 15) is 0 Å². The van der Waals surface area contributed by atoms with Gasteiger partial charge in [-0.2, -0.15) is 40.8 Å². The molecule has 11 aromatic heterocycles.